The van der Waals surface area contributed by atoms with Gasteiger partial charge in [-0.25, -0.2) is 4.98 Å². The smallest absolute Gasteiger partial charge is 0.184 e. The Labute approximate surface area is 112 Å². The number of hydrogen-bond acceptors (Lipinski definition) is 4. The second kappa shape index (κ2) is 6.05. The number of hydrogen-bond donors (Lipinski definition) is 1. The summed E-state index contributed by atoms with van der Waals surface area (Å²) in [6, 6.07) is 6.53. The molecule has 0 radical (unpaired) electrons. The molecule has 3 nitrogen and oxygen atoms in total. The average Bonchev–Trinajstić information content (AvgIpc) is 2.71. The summed E-state index contributed by atoms with van der Waals surface area (Å²) in [6.45, 7) is 7.09. The zero-order valence-electron chi connectivity index (χ0n) is 11.2. The van der Waals surface area contributed by atoms with Crippen LogP contribution in [-0.4, -0.2) is 17.6 Å². The molecule has 1 aromatic heterocycles. The van der Waals surface area contributed by atoms with Gasteiger partial charge >= 0.3 is 0 Å². The van der Waals surface area contributed by atoms with Crippen LogP contribution in [0.2, 0.25) is 0 Å². The third-order valence-electron chi connectivity index (χ3n) is 2.76. The fourth-order valence-corrected chi connectivity index (χ4v) is 2.94. The minimum atomic E-state index is 0.474. The number of thiazole rings is 1. The minimum Gasteiger partial charge on any atom is -0.494 e. The molecule has 18 heavy (non-hydrogen) atoms. The van der Waals surface area contributed by atoms with Crippen LogP contribution < -0.4 is 10.1 Å². The van der Waals surface area contributed by atoms with Gasteiger partial charge in [-0.2, -0.15) is 0 Å². The molecule has 0 saturated heterocycles. The van der Waals surface area contributed by atoms with Crippen LogP contribution in [0.3, 0.4) is 0 Å². The van der Waals surface area contributed by atoms with Gasteiger partial charge in [0.25, 0.3) is 0 Å². The lowest BCUT2D eigenvalue weighted by Gasteiger charge is -2.10. The molecule has 0 bridgehead atoms. The Morgan fingerprint density at radius 3 is 2.94 bits per heavy atom. The Kier molecular flexibility index (Phi) is 4.42. The molecule has 0 aliphatic carbocycles. The van der Waals surface area contributed by atoms with Crippen molar-refractivity contribution in [2.24, 2.45) is 0 Å². The van der Waals surface area contributed by atoms with Crippen molar-refractivity contribution in [2.45, 2.75) is 39.7 Å². The third kappa shape index (κ3) is 3.13. The van der Waals surface area contributed by atoms with E-state index in [0.717, 1.165) is 16.4 Å². The van der Waals surface area contributed by atoms with Crippen molar-refractivity contribution in [2.75, 3.05) is 11.9 Å². The molecule has 0 amide bonds. The summed E-state index contributed by atoms with van der Waals surface area (Å²) in [5.74, 6) is 0.918. The lowest BCUT2D eigenvalue weighted by molar-refractivity contribution is 0.341. The van der Waals surface area contributed by atoms with Crippen molar-refractivity contribution < 1.29 is 4.74 Å². The first kappa shape index (κ1) is 13.1. The molecule has 1 atom stereocenters. The topological polar surface area (TPSA) is 34.2 Å². The molecule has 1 N–H and O–H groups in total. The predicted molar refractivity (Wildman–Crippen MR) is 78.8 cm³/mol. The van der Waals surface area contributed by atoms with Gasteiger partial charge in [-0.05, 0) is 38.5 Å². The van der Waals surface area contributed by atoms with E-state index in [-0.39, 0.29) is 0 Å². The molecule has 0 spiro atoms. The van der Waals surface area contributed by atoms with Crippen LogP contribution in [0, 0.1) is 0 Å². The quantitative estimate of drug-likeness (QED) is 0.845. The van der Waals surface area contributed by atoms with E-state index >= 15 is 0 Å². The molecule has 1 unspecified atom stereocenters. The van der Waals surface area contributed by atoms with E-state index in [0.29, 0.717) is 12.6 Å². The van der Waals surface area contributed by atoms with Crippen LogP contribution in [0.5, 0.6) is 5.75 Å². The summed E-state index contributed by atoms with van der Waals surface area (Å²) in [7, 11) is 0. The Morgan fingerprint density at radius 1 is 1.39 bits per heavy atom. The molecule has 0 saturated carbocycles. The molecule has 4 heteroatoms. The number of fused-ring (bicyclic) bond motifs is 1. The second-order valence-corrected chi connectivity index (χ2v) is 5.45. The number of nitrogens with zero attached hydrogens (tertiary/aromatic N) is 1. The SMILES string of the molecule is CCCC(C)Nc1nc2ccc(OCC)cc2s1. The summed E-state index contributed by atoms with van der Waals surface area (Å²) in [4.78, 5) is 4.59. The summed E-state index contributed by atoms with van der Waals surface area (Å²) < 4.78 is 6.67. The maximum atomic E-state index is 5.50. The summed E-state index contributed by atoms with van der Waals surface area (Å²) in [6.07, 6.45) is 2.35. The van der Waals surface area contributed by atoms with Gasteiger partial charge in [0, 0.05) is 6.04 Å². The predicted octanol–water partition coefficient (Wildman–Crippen LogP) is 4.30. The molecular weight excluding hydrogens is 244 g/mol. The minimum absolute atomic E-state index is 0.474. The summed E-state index contributed by atoms with van der Waals surface area (Å²) in [5.41, 5.74) is 1.04. The highest BCUT2D eigenvalue weighted by Gasteiger charge is 2.07. The second-order valence-electron chi connectivity index (χ2n) is 4.42. The fourth-order valence-electron chi connectivity index (χ4n) is 1.94. The zero-order chi connectivity index (χ0) is 13.0. The van der Waals surface area contributed by atoms with Crippen LogP contribution in [0.1, 0.15) is 33.6 Å². The first-order valence-electron chi connectivity index (χ1n) is 6.52. The van der Waals surface area contributed by atoms with Gasteiger partial charge in [0.1, 0.15) is 5.75 Å². The van der Waals surface area contributed by atoms with E-state index in [1.54, 1.807) is 11.3 Å². The van der Waals surface area contributed by atoms with E-state index in [2.05, 4.69) is 30.2 Å². The highest BCUT2D eigenvalue weighted by molar-refractivity contribution is 7.22. The molecule has 98 valence electrons. The van der Waals surface area contributed by atoms with E-state index in [4.69, 9.17) is 4.74 Å². The summed E-state index contributed by atoms with van der Waals surface area (Å²) >= 11 is 1.69. The van der Waals surface area contributed by atoms with Gasteiger partial charge in [-0.1, -0.05) is 24.7 Å². The molecule has 1 heterocycles. The van der Waals surface area contributed by atoms with Gasteiger partial charge in [0.15, 0.2) is 5.13 Å². The Bertz CT molecular complexity index is 509. The van der Waals surface area contributed by atoms with Crippen molar-refractivity contribution >= 4 is 26.7 Å². The van der Waals surface area contributed by atoms with E-state index in [1.807, 2.05) is 19.1 Å². The van der Waals surface area contributed by atoms with Gasteiger partial charge < -0.3 is 10.1 Å². The van der Waals surface area contributed by atoms with Crippen LogP contribution in [0.25, 0.3) is 10.2 Å². The molecule has 2 rings (SSSR count). The van der Waals surface area contributed by atoms with E-state index < -0.39 is 0 Å². The van der Waals surface area contributed by atoms with E-state index in [1.165, 1.54) is 17.5 Å². The van der Waals surface area contributed by atoms with Crippen LogP contribution >= 0.6 is 11.3 Å². The number of nitrogens with one attached hydrogen (secondary N) is 1. The van der Waals surface area contributed by atoms with Crippen molar-refractivity contribution in [3.8, 4) is 5.75 Å². The largest absolute Gasteiger partial charge is 0.494 e. The van der Waals surface area contributed by atoms with Crippen molar-refractivity contribution in [1.29, 1.82) is 0 Å². The van der Waals surface area contributed by atoms with Gasteiger partial charge in [-0.15, -0.1) is 0 Å². The molecule has 0 fully saturated rings. The molecule has 2 aromatic rings. The Hall–Kier alpha value is -1.29. The molecule has 1 aromatic carbocycles. The number of benzene rings is 1. The normalized spacial score (nSPS) is 12.6. The first-order valence-corrected chi connectivity index (χ1v) is 7.34. The Balaban J connectivity index is 2.16. The number of aromatic nitrogens is 1. The molecular formula is C14H20N2OS. The maximum Gasteiger partial charge on any atom is 0.184 e. The first-order chi connectivity index (χ1) is 8.72. The lowest BCUT2D eigenvalue weighted by atomic mass is 10.2. The molecule has 0 aliphatic rings. The number of anilines is 1. The number of ether oxygens (including phenoxy) is 1. The van der Waals surface area contributed by atoms with Crippen molar-refractivity contribution in [3.63, 3.8) is 0 Å². The van der Waals surface area contributed by atoms with Crippen LogP contribution in [0.4, 0.5) is 5.13 Å². The highest BCUT2D eigenvalue weighted by atomic mass is 32.1. The summed E-state index contributed by atoms with van der Waals surface area (Å²) in [5, 5.41) is 4.45. The Morgan fingerprint density at radius 2 is 2.22 bits per heavy atom. The highest BCUT2D eigenvalue weighted by Crippen LogP contribution is 2.29. The average molecular weight is 264 g/mol. The monoisotopic (exact) mass is 264 g/mol. The fraction of sp³-hybridized carbons (Fsp3) is 0.500. The van der Waals surface area contributed by atoms with Crippen LogP contribution in [0.15, 0.2) is 18.2 Å². The zero-order valence-corrected chi connectivity index (χ0v) is 12.0. The standard InChI is InChI=1S/C14H20N2OS/c1-4-6-10(3)15-14-16-12-8-7-11(17-5-2)9-13(12)18-14/h7-10H,4-6H2,1-3H3,(H,15,16). The van der Waals surface area contributed by atoms with Crippen LogP contribution in [-0.2, 0) is 0 Å². The molecule has 0 aliphatic heterocycles. The maximum absolute atomic E-state index is 5.50. The van der Waals surface area contributed by atoms with Crippen molar-refractivity contribution in [3.05, 3.63) is 18.2 Å². The third-order valence-corrected chi connectivity index (χ3v) is 3.71. The lowest BCUT2D eigenvalue weighted by Crippen LogP contribution is -2.13. The van der Waals surface area contributed by atoms with Gasteiger partial charge in [0.2, 0.25) is 0 Å². The van der Waals surface area contributed by atoms with Crippen molar-refractivity contribution in [1.82, 2.24) is 4.98 Å². The van der Waals surface area contributed by atoms with Gasteiger partial charge in [-0.3, -0.25) is 0 Å². The number of rotatable bonds is 6. The van der Waals surface area contributed by atoms with E-state index in [9.17, 15) is 0 Å². The van der Waals surface area contributed by atoms with Gasteiger partial charge in [0.05, 0.1) is 16.8 Å².